The Labute approximate surface area is 109 Å². The van der Waals surface area contributed by atoms with Gasteiger partial charge in [0.15, 0.2) is 5.84 Å². The number of nitrogens with zero attached hydrogens (tertiary/aromatic N) is 2. The van der Waals surface area contributed by atoms with Crippen LogP contribution in [0.25, 0.3) is 0 Å². The van der Waals surface area contributed by atoms with Gasteiger partial charge in [-0.1, -0.05) is 5.16 Å². The first-order valence-corrected chi connectivity index (χ1v) is 5.60. The van der Waals surface area contributed by atoms with E-state index in [4.69, 9.17) is 10.9 Å². The maximum atomic E-state index is 13.0. The molecule has 3 N–H and O–H groups in total. The van der Waals surface area contributed by atoms with Gasteiger partial charge < -0.3 is 15.8 Å². The van der Waals surface area contributed by atoms with Crippen LogP contribution in [0.4, 0.5) is 18.9 Å². The van der Waals surface area contributed by atoms with Crippen LogP contribution in [-0.4, -0.2) is 24.1 Å². The zero-order valence-corrected chi connectivity index (χ0v) is 10.9. The zero-order chi connectivity index (χ0) is 14.8. The highest BCUT2D eigenvalue weighted by Crippen LogP contribution is 2.34. The zero-order valence-electron chi connectivity index (χ0n) is 10.9. The summed E-state index contributed by atoms with van der Waals surface area (Å²) in [7, 11) is 1.70. The van der Waals surface area contributed by atoms with Crippen molar-refractivity contribution < 1.29 is 18.4 Å². The van der Waals surface area contributed by atoms with Gasteiger partial charge >= 0.3 is 6.18 Å². The Balaban J connectivity index is 3.40. The van der Waals surface area contributed by atoms with E-state index in [0.29, 0.717) is 5.69 Å². The lowest BCUT2D eigenvalue weighted by molar-refractivity contribution is -0.137. The van der Waals surface area contributed by atoms with Crippen LogP contribution in [-0.2, 0) is 6.18 Å². The Bertz CT molecular complexity index is 484. The monoisotopic (exact) mass is 275 g/mol. The number of hydrogen-bond acceptors (Lipinski definition) is 3. The molecule has 0 saturated carbocycles. The SMILES string of the molecule is CC(C)N(C)c1ccc(/C(N)=N/O)c(C(F)(F)F)c1. The van der Waals surface area contributed by atoms with Gasteiger partial charge in [0, 0.05) is 24.3 Å². The number of hydrogen-bond donors (Lipinski definition) is 2. The number of rotatable bonds is 3. The van der Waals surface area contributed by atoms with Gasteiger partial charge in [0.05, 0.1) is 5.56 Å². The first-order chi connectivity index (χ1) is 8.68. The molecule has 0 spiro atoms. The molecule has 0 atom stereocenters. The first kappa shape index (κ1) is 15.1. The van der Waals surface area contributed by atoms with E-state index in [2.05, 4.69) is 5.16 Å². The highest BCUT2D eigenvalue weighted by atomic mass is 19.4. The third kappa shape index (κ3) is 3.30. The van der Waals surface area contributed by atoms with Crippen molar-refractivity contribution in [2.75, 3.05) is 11.9 Å². The van der Waals surface area contributed by atoms with Crippen molar-refractivity contribution in [3.05, 3.63) is 29.3 Å². The predicted octanol–water partition coefficient (Wildman–Crippen LogP) is 2.64. The minimum absolute atomic E-state index is 0.0517. The summed E-state index contributed by atoms with van der Waals surface area (Å²) in [6.45, 7) is 3.73. The van der Waals surface area contributed by atoms with Gasteiger partial charge in [0.1, 0.15) is 0 Å². The molecule has 0 amide bonds. The molecule has 1 aromatic rings. The summed E-state index contributed by atoms with van der Waals surface area (Å²) in [5, 5.41) is 11.2. The minimum Gasteiger partial charge on any atom is -0.409 e. The maximum Gasteiger partial charge on any atom is 0.417 e. The standard InChI is InChI=1S/C12H16F3N3O/c1-7(2)18(3)8-4-5-9(11(16)17-19)10(6-8)12(13,14)15/h4-7,19H,1-3H3,(H2,16,17). The maximum absolute atomic E-state index is 13.0. The van der Waals surface area contributed by atoms with Crippen molar-refractivity contribution in [3.8, 4) is 0 Å². The fourth-order valence-electron chi connectivity index (χ4n) is 1.56. The lowest BCUT2D eigenvalue weighted by Gasteiger charge is -2.25. The van der Waals surface area contributed by atoms with Crippen molar-refractivity contribution in [2.24, 2.45) is 10.9 Å². The largest absolute Gasteiger partial charge is 0.417 e. The van der Waals surface area contributed by atoms with Crippen LogP contribution in [0, 0.1) is 0 Å². The third-order valence-corrected chi connectivity index (χ3v) is 2.87. The van der Waals surface area contributed by atoms with Crippen LogP contribution >= 0.6 is 0 Å². The summed E-state index contributed by atoms with van der Waals surface area (Å²) in [4.78, 5) is 1.70. The second-order valence-corrected chi connectivity index (χ2v) is 4.42. The van der Waals surface area contributed by atoms with Gasteiger partial charge in [-0.25, -0.2) is 0 Å². The van der Waals surface area contributed by atoms with Gasteiger partial charge in [-0.05, 0) is 32.0 Å². The van der Waals surface area contributed by atoms with Gasteiger partial charge in [-0.3, -0.25) is 0 Å². The van der Waals surface area contributed by atoms with Crippen molar-refractivity contribution in [3.63, 3.8) is 0 Å². The summed E-state index contributed by atoms with van der Waals surface area (Å²) in [5.74, 6) is -0.564. The Morgan fingerprint density at radius 3 is 2.37 bits per heavy atom. The van der Waals surface area contributed by atoms with E-state index in [1.807, 2.05) is 13.8 Å². The topological polar surface area (TPSA) is 61.8 Å². The van der Waals surface area contributed by atoms with Crippen LogP contribution in [0.2, 0.25) is 0 Å². The number of benzene rings is 1. The average Bonchev–Trinajstić information content (AvgIpc) is 2.35. The Morgan fingerprint density at radius 2 is 1.95 bits per heavy atom. The van der Waals surface area contributed by atoms with Crippen molar-refractivity contribution in [2.45, 2.75) is 26.1 Å². The Morgan fingerprint density at radius 1 is 1.37 bits per heavy atom. The molecule has 0 aromatic heterocycles. The molecule has 0 unspecified atom stereocenters. The van der Waals surface area contributed by atoms with Crippen LogP contribution in [0.1, 0.15) is 25.0 Å². The van der Waals surface area contributed by atoms with E-state index in [9.17, 15) is 13.2 Å². The molecule has 1 rings (SSSR count). The van der Waals surface area contributed by atoms with Crippen molar-refractivity contribution in [1.29, 1.82) is 0 Å². The number of halogens is 3. The highest BCUT2D eigenvalue weighted by Gasteiger charge is 2.35. The molecule has 0 bridgehead atoms. The van der Waals surface area contributed by atoms with E-state index in [1.54, 1.807) is 11.9 Å². The molecule has 0 heterocycles. The van der Waals surface area contributed by atoms with E-state index in [1.165, 1.54) is 12.1 Å². The van der Waals surface area contributed by atoms with Gasteiger partial charge in [-0.15, -0.1) is 0 Å². The Hall–Kier alpha value is -1.92. The second kappa shape index (κ2) is 5.38. The molecule has 0 aliphatic heterocycles. The molecular formula is C12H16F3N3O. The van der Waals surface area contributed by atoms with Crippen molar-refractivity contribution in [1.82, 2.24) is 0 Å². The highest BCUT2D eigenvalue weighted by molar-refractivity contribution is 5.99. The molecule has 0 radical (unpaired) electrons. The average molecular weight is 275 g/mol. The number of oxime groups is 1. The number of amidine groups is 1. The van der Waals surface area contributed by atoms with Gasteiger partial charge in [0.25, 0.3) is 0 Å². The molecule has 1 aromatic carbocycles. The van der Waals surface area contributed by atoms with E-state index < -0.39 is 17.6 Å². The molecule has 106 valence electrons. The van der Waals surface area contributed by atoms with Crippen LogP contribution in [0.3, 0.4) is 0 Å². The fraction of sp³-hybridized carbons (Fsp3) is 0.417. The van der Waals surface area contributed by atoms with E-state index in [0.717, 1.165) is 6.07 Å². The molecular weight excluding hydrogens is 259 g/mol. The molecule has 4 nitrogen and oxygen atoms in total. The summed E-state index contributed by atoms with van der Waals surface area (Å²) in [6.07, 6.45) is -4.57. The van der Waals surface area contributed by atoms with Gasteiger partial charge in [-0.2, -0.15) is 13.2 Å². The van der Waals surface area contributed by atoms with E-state index in [-0.39, 0.29) is 11.6 Å². The summed E-state index contributed by atoms with van der Waals surface area (Å²) < 4.78 is 38.9. The number of alkyl halides is 3. The predicted molar refractivity (Wildman–Crippen MR) is 67.5 cm³/mol. The first-order valence-electron chi connectivity index (χ1n) is 5.60. The Kier molecular flexibility index (Phi) is 4.28. The molecule has 19 heavy (non-hydrogen) atoms. The number of anilines is 1. The molecule has 0 aliphatic rings. The molecule has 0 saturated heterocycles. The smallest absolute Gasteiger partial charge is 0.409 e. The van der Waals surface area contributed by atoms with Crippen LogP contribution < -0.4 is 10.6 Å². The third-order valence-electron chi connectivity index (χ3n) is 2.87. The summed E-state index contributed by atoms with van der Waals surface area (Å²) >= 11 is 0. The van der Waals surface area contributed by atoms with Crippen LogP contribution in [0.15, 0.2) is 23.4 Å². The molecule has 0 aliphatic carbocycles. The lowest BCUT2D eigenvalue weighted by atomic mass is 10.0. The second-order valence-electron chi connectivity index (χ2n) is 4.42. The fourth-order valence-corrected chi connectivity index (χ4v) is 1.56. The van der Waals surface area contributed by atoms with Gasteiger partial charge in [0.2, 0.25) is 0 Å². The van der Waals surface area contributed by atoms with E-state index >= 15 is 0 Å². The lowest BCUT2D eigenvalue weighted by Crippen LogP contribution is -2.27. The minimum atomic E-state index is -4.57. The number of nitrogens with two attached hydrogens (primary N) is 1. The normalized spacial score (nSPS) is 12.9. The summed E-state index contributed by atoms with van der Waals surface area (Å²) in [6, 6.07) is 3.75. The molecule has 7 heteroatoms. The van der Waals surface area contributed by atoms with Crippen LogP contribution in [0.5, 0.6) is 0 Å². The van der Waals surface area contributed by atoms with Crippen molar-refractivity contribution >= 4 is 11.5 Å². The molecule has 0 fully saturated rings. The summed E-state index contributed by atoms with van der Waals surface area (Å²) in [5.41, 5.74) is 4.42. The quantitative estimate of drug-likeness (QED) is 0.386.